The highest BCUT2D eigenvalue weighted by molar-refractivity contribution is 6.06. The van der Waals surface area contributed by atoms with Crippen LogP contribution in [-0.4, -0.2) is 52.4 Å². The molecule has 0 bridgehead atoms. The first-order chi connectivity index (χ1) is 14.1. The molecule has 0 atom stereocenters. The molecule has 4 rings (SSSR count). The summed E-state index contributed by atoms with van der Waals surface area (Å²) in [5.41, 5.74) is 1.42. The maximum absolute atomic E-state index is 12.9. The Morgan fingerprint density at radius 1 is 1.10 bits per heavy atom. The van der Waals surface area contributed by atoms with Gasteiger partial charge in [0.2, 0.25) is 5.82 Å². The fourth-order valence-corrected chi connectivity index (χ4v) is 3.32. The van der Waals surface area contributed by atoms with E-state index in [1.54, 1.807) is 45.8 Å². The monoisotopic (exact) mass is 394 g/mol. The molecular formula is C21H22N4O4. The summed E-state index contributed by atoms with van der Waals surface area (Å²) in [5.74, 6) is 0.761. The van der Waals surface area contributed by atoms with E-state index < -0.39 is 5.91 Å². The van der Waals surface area contributed by atoms with E-state index in [-0.39, 0.29) is 17.4 Å². The molecule has 0 fully saturated rings. The minimum Gasteiger partial charge on any atom is -0.486 e. The number of nitrogens with zero attached hydrogens (tertiary/aromatic N) is 3. The van der Waals surface area contributed by atoms with Crippen molar-refractivity contribution in [2.24, 2.45) is 0 Å². The molecule has 1 aliphatic rings. The summed E-state index contributed by atoms with van der Waals surface area (Å²) in [4.78, 5) is 31.9. The molecule has 1 aliphatic heterocycles. The van der Waals surface area contributed by atoms with E-state index in [0.717, 1.165) is 0 Å². The maximum Gasteiger partial charge on any atom is 0.292 e. The number of carbonyl (C=O) groups is 2. The highest BCUT2D eigenvalue weighted by Gasteiger charge is 2.24. The van der Waals surface area contributed by atoms with Gasteiger partial charge in [-0.05, 0) is 38.1 Å². The van der Waals surface area contributed by atoms with Crippen LogP contribution in [0.1, 0.15) is 35.0 Å². The van der Waals surface area contributed by atoms with Crippen molar-refractivity contribution in [2.75, 3.05) is 31.6 Å². The van der Waals surface area contributed by atoms with E-state index in [9.17, 15) is 9.59 Å². The van der Waals surface area contributed by atoms with Crippen molar-refractivity contribution in [1.82, 2.24) is 14.3 Å². The van der Waals surface area contributed by atoms with Crippen molar-refractivity contribution >= 4 is 23.0 Å². The van der Waals surface area contributed by atoms with Crippen LogP contribution in [0.4, 0.5) is 5.69 Å². The second kappa shape index (κ2) is 7.83. The number of amides is 2. The minimum absolute atomic E-state index is 0.144. The molecule has 0 unspecified atom stereocenters. The van der Waals surface area contributed by atoms with Crippen LogP contribution in [0.2, 0.25) is 0 Å². The zero-order valence-corrected chi connectivity index (χ0v) is 16.3. The smallest absolute Gasteiger partial charge is 0.292 e. The lowest BCUT2D eigenvalue weighted by Gasteiger charge is -2.18. The van der Waals surface area contributed by atoms with E-state index in [0.29, 0.717) is 49.0 Å². The number of imidazole rings is 1. The van der Waals surface area contributed by atoms with Crippen molar-refractivity contribution in [3.05, 3.63) is 54.1 Å². The van der Waals surface area contributed by atoms with Gasteiger partial charge in [-0.1, -0.05) is 6.07 Å². The van der Waals surface area contributed by atoms with E-state index in [2.05, 4.69) is 10.3 Å². The lowest BCUT2D eigenvalue weighted by Crippen LogP contribution is -2.31. The van der Waals surface area contributed by atoms with Crippen LogP contribution >= 0.6 is 0 Å². The number of rotatable bonds is 5. The Balaban J connectivity index is 1.67. The molecule has 3 heterocycles. The first-order valence-electron chi connectivity index (χ1n) is 9.59. The molecule has 0 saturated carbocycles. The van der Waals surface area contributed by atoms with Crippen LogP contribution in [0.3, 0.4) is 0 Å². The standard InChI is InChI=1S/C21H22N4O4/c1-3-24(4-2)21(27)18-15-7-5-6-10-25(15)19(23-18)20(26)22-14-8-9-16-17(13-14)29-12-11-28-16/h5-10,13H,3-4,11-12H2,1-2H3,(H,22,26). The van der Waals surface area contributed by atoms with E-state index >= 15 is 0 Å². The second-order valence-electron chi connectivity index (χ2n) is 6.53. The van der Waals surface area contributed by atoms with Gasteiger partial charge in [0.05, 0.1) is 5.52 Å². The molecule has 2 amide bonds. The average Bonchev–Trinajstić information content (AvgIpc) is 3.14. The number of anilines is 1. The van der Waals surface area contributed by atoms with Gasteiger partial charge in [-0.3, -0.25) is 14.0 Å². The Labute approximate surface area is 168 Å². The molecule has 1 aromatic carbocycles. The first kappa shape index (κ1) is 18.8. The zero-order chi connectivity index (χ0) is 20.4. The van der Waals surface area contributed by atoms with Crippen LogP contribution < -0.4 is 14.8 Å². The van der Waals surface area contributed by atoms with Crippen molar-refractivity contribution in [3.63, 3.8) is 0 Å². The normalized spacial score (nSPS) is 12.6. The largest absolute Gasteiger partial charge is 0.486 e. The molecule has 29 heavy (non-hydrogen) atoms. The van der Waals surface area contributed by atoms with Crippen molar-refractivity contribution in [2.45, 2.75) is 13.8 Å². The average molecular weight is 394 g/mol. The van der Waals surface area contributed by atoms with Gasteiger partial charge in [-0.25, -0.2) is 4.98 Å². The third kappa shape index (κ3) is 3.49. The third-order valence-corrected chi connectivity index (χ3v) is 4.80. The van der Waals surface area contributed by atoms with Gasteiger partial charge in [0.1, 0.15) is 13.2 Å². The van der Waals surface area contributed by atoms with Gasteiger partial charge in [0.25, 0.3) is 11.8 Å². The van der Waals surface area contributed by atoms with Crippen molar-refractivity contribution in [3.8, 4) is 11.5 Å². The number of aromatic nitrogens is 2. The van der Waals surface area contributed by atoms with Crippen molar-refractivity contribution in [1.29, 1.82) is 0 Å². The summed E-state index contributed by atoms with van der Waals surface area (Å²) in [5, 5.41) is 2.83. The number of pyridine rings is 1. The number of carbonyl (C=O) groups excluding carboxylic acids is 2. The summed E-state index contributed by atoms with van der Waals surface area (Å²) >= 11 is 0. The van der Waals surface area contributed by atoms with Crippen molar-refractivity contribution < 1.29 is 19.1 Å². The van der Waals surface area contributed by atoms with Crippen LogP contribution in [0.15, 0.2) is 42.6 Å². The summed E-state index contributed by atoms with van der Waals surface area (Å²) in [6.45, 7) is 5.93. The first-order valence-corrected chi connectivity index (χ1v) is 9.59. The number of hydrogen-bond donors (Lipinski definition) is 1. The predicted molar refractivity (Wildman–Crippen MR) is 108 cm³/mol. The number of ether oxygens (including phenoxy) is 2. The molecule has 0 aliphatic carbocycles. The van der Waals surface area contributed by atoms with Crippen LogP contribution in [0.25, 0.3) is 5.52 Å². The molecule has 8 heteroatoms. The zero-order valence-electron chi connectivity index (χ0n) is 16.3. The molecule has 150 valence electrons. The van der Waals surface area contributed by atoms with E-state index in [1.165, 1.54) is 0 Å². The molecule has 1 N–H and O–H groups in total. The van der Waals surface area contributed by atoms with Gasteiger partial charge in [0.15, 0.2) is 17.2 Å². The number of fused-ring (bicyclic) bond motifs is 2. The summed E-state index contributed by atoms with van der Waals surface area (Å²) < 4.78 is 12.7. The van der Waals surface area contributed by atoms with Gasteiger partial charge in [0, 0.05) is 31.0 Å². The Morgan fingerprint density at radius 3 is 2.62 bits per heavy atom. The highest BCUT2D eigenvalue weighted by Crippen LogP contribution is 2.32. The molecule has 0 saturated heterocycles. The maximum atomic E-state index is 12.9. The molecule has 8 nitrogen and oxygen atoms in total. The minimum atomic E-state index is -0.415. The summed E-state index contributed by atoms with van der Waals surface area (Å²) in [7, 11) is 0. The Bertz CT molecular complexity index is 1070. The summed E-state index contributed by atoms with van der Waals surface area (Å²) in [6.07, 6.45) is 1.72. The quantitative estimate of drug-likeness (QED) is 0.719. The molecule has 0 radical (unpaired) electrons. The Kier molecular flexibility index (Phi) is 5.07. The third-order valence-electron chi connectivity index (χ3n) is 4.80. The van der Waals surface area contributed by atoms with Gasteiger partial charge in [-0.2, -0.15) is 0 Å². The SMILES string of the molecule is CCN(CC)C(=O)c1nc(C(=O)Nc2ccc3c(c2)OCCO3)n2ccccc12. The fraction of sp³-hybridized carbons (Fsp3) is 0.286. The van der Waals surface area contributed by atoms with Crippen LogP contribution in [-0.2, 0) is 0 Å². The Hall–Kier alpha value is -3.55. The van der Waals surface area contributed by atoms with E-state index in [1.807, 2.05) is 19.9 Å². The van der Waals surface area contributed by atoms with E-state index in [4.69, 9.17) is 9.47 Å². The number of nitrogens with one attached hydrogen (secondary N) is 1. The highest BCUT2D eigenvalue weighted by atomic mass is 16.6. The van der Waals surface area contributed by atoms with Gasteiger partial charge in [-0.15, -0.1) is 0 Å². The van der Waals surface area contributed by atoms with Gasteiger partial charge < -0.3 is 19.7 Å². The Morgan fingerprint density at radius 2 is 1.86 bits per heavy atom. The van der Waals surface area contributed by atoms with Gasteiger partial charge >= 0.3 is 0 Å². The predicted octanol–water partition coefficient (Wildman–Crippen LogP) is 2.84. The molecule has 0 spiro atoms. The summed E-state index contributed by atoms with van der Waals surface area (Å²) in [6, 6.07) is 10.6. The molecular weight excluding hydrogens is 372 g/mol. The topological polar surface area (TPSA) is 85.2 Å². The fourth-order valence-electron chi connectivity index (χ4n) is 3.32. The number of hydrogen-bond acceptors (Lipinski definition) is 5. The van der Waals surface area contributed by atoms with Crippen LogP contribution in [0, 0.1) is 0 Å². The molecule has 2 aromatic heterocycles. The second-order valence-corrected chi connectivity index (χ2v) is 6.53. The lowest BCUT2D eigenvalue weighted by atomic mass is 10.2. The molecule has 3 aromatic rings. The number of benzene rings is 1. The lowest BCUT2D eigenvalue weighted by molar-refractivity contribution is 0.0769. The van der Waals surface area contributed by atoms with Crippen LogP contribution in [0.5, 0.6) is 11.5 Å².